The number of halogens is 6. The standard InChI is InChI=1S/C15H8Cl3F3N2/c16-10-2-1-7(5-9(10)15(19,20)21)13-12(23)6-11(17)8(3-4-22)14(13)18/h1-2,5-6H,3,23H2. The van der Waals surface area contributed by atoms with Gasteiger partial charge in [-0.1, -0.05) is 40.9 Å². The minimum Gasteiger partial charge on any atom is -0.398 e. The molecule has 0 atom stereocenters. The lowest BCUT2D eigenvalue weighted by Gasteiger charge is -2.16. The van der Waals surface area contributed by atoms with Gasteiger partial charge in [0.1, 0.15) is 0 Å². The Morgan fingerprint density at radius 3 is 2.30 bits per heavy atom. The summed E-state index contributed by atoms with van der Waals surface area (Å²) < 4.78 is 39.0. The van der Waals surface area contributed by atoms with Gasteiger partial charge in [-0.25, -0.2) is 0 Å². The van der Waals surface area contributed by atoms with Gasteiger partial charge in [0.05, 0.1) is 28.1 Å². The highest BCUT2D eigenvalue weighted by Gasteiger charge is 2.33. The average molecular weight is 380 g/mol. The first-order chi connectivity index (χ1) is 10.7. The van der Waals surface area contributed by atoms with E-state index in [9.17, 15) is 13.2 Å². The van der Waals surface area contributed by atoms with Crippen molar-refractivity contribution in [3.8, 4) is 17.2 Å². The number of nitrogens with zero attached hydrogens (tertiary/aromatic N) is 1. The molecule has 2 rings (SSSR count). The van der Waals surface area contributed by atoms with E-state index in [-0.39, 0.29) is 33.3 Å². The molecule has 0 bridgehead atoms. The molecule has 0 amide bonds. The molecule has 2 aromatic carbocycles. The molecule has 0 aromatic heterocycles. The molecule has 2 nitrogen and oxygen atoms in total. The molecule has 0 radical (unpaired) electrons. The van der Waals surface area contributed by atoms with Gasteiger partial charge in [0.25, 0.3) is 0 Å². The molecule has 0 spiro atoms. The van der Waals surface area contributed by atoms with Crippen molar-refractivity contribution in [1.82, 2.24) is 0 Å². The third-order valence-corrected chi connectivity index (χ3v) is 4.24. The van der Waals surface area contributed by atoms with E-state index in [4.69, 9.17) is 45.8 Å². The molecule has 2 N–H and O–H groups in total. The number of anilines is 1. The van der Waals surface area contributed by atoms with E-state index >= 15 is 0 Å². The normalized spacial score (nSPS) is 11.3. The Morgan fingerprint density at radius 1 is 1.09 bits per heavy atom. The summed E-state index contributed by atoms with van der Waals surface area (Å²) in [7, 11) is 0. The summed E-state index contributed by atoms with van der Waals surface area (Å²) in [5.41, 5.74) is 5.59. The molecule has 0 saturated carbocycles. The summed E-state index contributed by atoms with van der Waals surface area (Å²) in [5, 5.41) is 8.62. The maximum Gasteiger partial charge on any atom is 0.417 e. The first-order valence-corrected chi connectivity index (χ1v) is 7.30. The summed E-state index contributed by atoms with van der Waals surface area (Å²) in [5.74, 6) is 0. The number of hydrogen-bond donors (Lipinski definition) is 1. The van der Waals surface area contributed by atoms with Gasteiger partial charge in [0, 0.05) is 21.8 Å². The van der Waals surface area contributed by atoms with Crippen LogP contribution < -0.4 is 5.73 Å². The van der Waals surface area contributed by atoms with E-state index < -0.39 is 16.8 Å². The number of nitrogen functional groups attached to an aromatic ring is 1. The minimum atomic E-state index is -4.61. The van der Waals surface area contributed by atoms with Gasteiger partial charge in [-0.2, -0.15) is 18.4 Å². The Balaban J connectivity index is 2.73. The largest absolute Gasteiger partial charge is 0.417 e. The molecule has 2 aromatic rings. The lowest BCUT2D eigenvalue weighted by atomic mass is 9.98. The number of nitrogens with two attached hydrogens (primary N) is 1. The lowest BCUT2D eigenvalue weighted by molar-refractivity contribution is -0.137. The van der Waals surface area contributed by atoms with Crippen LogP contribution >= 0.6 is 34.8 Å². The highest BCUT2D eigenvalue weighted by Crippen LogP contribution is 2.43. The molecule has 0 unspecified atom stereocenters. The molecule has 0 fully saturated rings. The predicted octanol–water partition coefficient (Wildman–Crippen LogP) is 5.98. The topological polar surface area (TPSA) is 49.8 Å². The van der Waals surface area contributed by atoms with Gasteiger partial charge in [-0.15, -0.1) is 0 Å². The number of nitriles is 1. The third-order valence-electron chi connectivity index (χ3n) is 3.16. The zero-order valence-corrected chi connectivity index (χ0v) is 13.6. The Bertz CT molecular complexity index is 811. The van der Waals surface area contributed by atoms with Gasteiger partial charge in [0.15, 0.2) is 0 Å². The summed E-state index contributed by atoms with van der Waals surface area (Å²) in [6.45, 7) is 0. The smallest absolute Gasteiger partial charge is 0.398 e. The maximum atomic E-state index is 13.0. The molecule has 120 valence electrons. The zero-order chi connectivity index (χ0) is 17.4. The van der Waals surface area contributed by atoms with E-state index in [1.807, 2.05) is 6.07 Å². The predicted molar refractivity (Wildman–Crippen MR) is 85.6 cm³/mol. The zero-order valence-electron chi connectivity index (χ0n) is 11.3. The molecule has 23 heavy (non-hydrogen) atoms. The number of alkyl halides is 3. The maximum absolute atomic E-state index is 13.0. The van der Waals surface area contributed by atoms with Crippen molar-refractivity contribution < 1.29 is 13.2 Å². The second-order valence-corrected chi connectivity index (χ2v) is 5.83. The fraction of sp³-hybridized carbons (Fsp3) is 0.133. The Labute approximate surface area is 145 Å². The molecule has 0 aliphatic rings. The molecule has 0 saturated heterocycles. The number of rotatable bonds is 2. The number of hydrogen-bond acceptors (Lipinski definition) is 2. The quantitative estimate of drug-likeness (QED) is 0.652. The number of benzene rings is 2. The first-order valence-electron chi connectivity index (χ1n) is 6.17. The van der Waals surface area contributed by atoms with Crippen LogP contribution in [0.2, 0.25) is 15.1 Å². The summed E-state index contributed by atoms with van der Waals surface area (Å²) in [4.78, 5) is 0. The third kappa shape index (κ3) is 3.50. The van der Waals surface area contributed by atoms with Crippen LogP contribution in [0, 0.1) is 11.3 Å². The van der Waals surface area contributed by atoms with E-state index in [2.05, 4.69) is 0 Å². The van der Waals surface area contributed by atoms with Gasteiger partial charge in [-0.3, -0.25) is 0 Å². The molecular formula is C15H8Cl3F3N2. The Kier molecular flexibility index (Phi) is 5.00. The van der Waals surface area contributed by atoms with Crippen LogP contribution in [0.15, 0.2) is 24.3 Å². The monoisotopic (exact) mass is 378 g/mol. The van der Waals surface area contributed by atoms with Crippen LogP contribution in [0.1, 0.15) is 11.1 Å². The molecule has 8 heteroatoms. The van der Waals surface area contributed by atoms with Crippen molar-refractivity contribution in [3.63, 3.8) is 0 Å². The summed E-state index contributed by atoms with van der Waals surface area (Å²) in [6.07, 6.45) is -4.71. The van der Waals surface area contributed by atoms with Crippen LogP contribution in [0.25, 0.3) is 11.1 Å². The fourth-order valence-electron chi connectivity index (χ4n) is 2.11. The second-order valence-electron chi connectivity index (χ2n) is 4.64. The van der Waals surface area contributed by atoms with Gasteiger partial charge in [-0.05, 0) is 23.8 Å². The van der Waals surface area contributed by atoms with Crippen molar-refractivity contribution in [2.45, 2.75) is 12.6 Å². The Hall–Kier alpha value is -1.61. The second kappa shape index (κ2) is 6.48. The fourth-order valence-corrected chi connectivity index (χ4v) is 3.05. The van der Waals surface area contributed by atoms with Crippen molar-refractivity contribution >= 4 is 40.5 Å². The molecular weight excluding hydrogens is 372 g/mol. The highest BCUT2D eigenvalue weighted by molar-refractivity contribution is 6.38. The van der Waals surface area contributed by atoms with Crippen molar-refractivity contribution in [3.05, 3.63) is 50.5 Å². The summed E-state index contributed by atoms with van der Waals surface area (Å²) >= 11 is 17.8. The Morgan fingerprint density at radius 2 is 1.74 bits per heavy atom. The van der Waals surface area contributed by atoms with Crippen LogP contribution in [-0.2, 0) is 12.6 Å². The molecule has 0 aliphatic carbocycles. The highest BCUT2D eigenvalue weighted by atomic mass is 35.5. The first kappa shape index (κ1) is 17.7. The molecule has 0 heterocycles. The van der Waals surface area contributed by atoms with Crippen molar-refractivity contribution in [1.29, 1.82) is 5.26 Å². The van der Waals surface area contributed by atoms with E-state index in [1.165, 1.54) is 12.1 Å². The SMILES string of the molecule is N#CCc1c(Cl)cc(N)c(-c2ccc(Cl)c(C(F)(F)F)c2)c1Cl. The van der Waals surface area contributed by atoms with Crippen LogP contribution in [0.5, 0.6) is 0 Å². The van der Waals surface area contributed by atoms with Gasteiger partial charge < -0.3 is 5.73 Å². The van der Waals surface area contributed by atoms with Crippen LogP contribution in [-0.4, -0.2) is 0 Å². The van der Waals surface area contributed by atoms with E-state index in [1.54, 1.807) is 0 Å². The minimum absolute atomic E-state index is 0.0481. The molecule has 0 aliphatic heterocycles. The van der Waals surface area contributed by atoms with Crippen LogP contribution in [0.3, 0.4) is 0 Å². The van der Waals surface area contributed by atoms with Crippen molar-refractivity contribution in [2.75, 3.05) is 5.73 Å². The summed E-state index contributed by atoms with van der Waals surface area (Å²) in [6, 6.07) is 6.61. The van der Waals surface area contributed by atoms with Gasteiger partial charge in [0.2, 0.25) is 0 Å². The van der Waals surface area contributed by atoms with Gasteiger partial charge >= 0.3 is 6.18 Å². The van der Waals surface area contributed by atoms with E-state index in [0.717, 1.165) is 12.1 Å². The average Bonchev–Trinajstić information content (AvgIpc) is 2.43. The van der Waals surface area contributed by atoms with Crippen LogP contribution in [0.4, 0.5) is 18.9 Å². The van der Waals surface area contributed by atoms with E-state index in [0.29, 0.717) is 5.56 Å². The lowest BCUT2D eigenvalue weighted by Crippen LogP contribution is -2.06. The van der Waals surface area contributed by atoms with Crippen molar-refractivity contribution in [2.24, 2.45) is 0 Å².